The Bertz CT molecular complexity index is 275. The van der Waals surface area contributed by atoms with Crippen molar-refractivity contribution in [1.29, 1.82) is 0 Å². The fraction of sp³-hybridized carbons (Fsp3) is 1.00. The fourth-order valence-electron chi connectivity index (χ4n) is 4.07. The van der Waals surface area contributed by atoms with Gasteiger partial charge in [0, 0.05) is 0 Å². The van der Waals surface area contributed by atoms with Crippen LogP contribution in [-0.2, 0) is 13.6 Å². The molecule has 4 heteroatoms. The van der Waals surface area contributed by atoms with Gasteiger partial charge >= 0.3 is 8.25 Å². The lowest BCUT2D eigenvalue weighted by molar-refractivity contribution is -0.158. The first-order valence-corrected chi connectivity index (χ1v) is 8.27. The lowest BCUT2D eigenvalue weighted by Gasteiger charge is -2.52. The van der Waals surface area contributed by atoms with Crippen molar-refractivity contribution in [1.82, 2.24) is 0 Å². The molecule has 0 bridgehead atoms. The van der Waals surface area contributed by atoms with Crippen LogP contribution in [0.1, 0.15) is 55.4 Å². The summed E-state index contributed by atoms with van der Waals surface area (Å²) >= 11 is 0. The zero-order valence-electron chi connectivity index (χ0n) is 13.0. The highest BCUT2D eigenvalue weighted by atomic mass is 31.1. The Morgan fingerprint density at radius 3 is 1.06 bits per heavy atom. The van der Waals surface area contributed by atoms with Crippen LogP contribution < -0.4 is 0 Å². The molecule has 0 aromatic carbocycles. The van der Waals surface area contributed by atoms with E-state index in [0.29, 0.717) is 0 Å². The Kier molecular flexibility index (Phi) is 4.74. The third kappa shape index (κ3) is 1.99. The standard InChI is InChI=1S/C14H29O3P/c1-9(2)13(10(3)4)14(11(5)6,12(7)8)17-18(15)16-13/h9-12,18H,1-8H3. The summed E-state index contributed by atoms with van der Waals surface area (Å²) in [6.07, 6.45) is 0. The highest BCUT2D eigenvalue weighted by Crippen LogP contribution is 2.62. The van der Waals surface area contributed by atoms with Crippen molar-refractivity contribution in [2.24, 2.45) is 23.7 Å². The summed E-state index contributed by atoms with van der Waals surface area (Å²) in [5.41, 5.74) is -0.934. The molecule has 0 unspecified atom stereocenters. The van der Waals surface area contributed by atoms with Crippen LogP contribution >= 0.6 is 8.25 Å². The highest BCUT2D eigenvalue weighted by molar-refractivity contribution is 7.33. The summed E-state index contributed by atoms with van der Waals surface area (Å²) in [6.45, 7) is 17.1. The zero-order valence-corrected chi connectivity index (χ0v) is 14.0. The summed E-state index contributed by atoms with van der Waals surface area (Å²) in [6, 6.07) is 0. The second kappa shape index (κ2) is 5.26. The molecular formula is C14H29O3P. The van der Waals surface area contributed by atoms with Crippen LogP contribution in [0.15, 0.2) is 0 Å². The fourth-order valence-corrected chi connectivity index (χ4v) is 5.92. The molecule has 1 fully saturated rings. The van der Waals surface area contributed by atoms with Crippen LogP contribution in [0.2, 0.25) is 0 Å². The van der Waals surface area contributed by atoms with E-state index in [1.807, 2.05) is 0 Å². The van der Waals surface area contributed by atoms with E-state index in [4.69, 9.17) is 9.05 Å². The summed E-state index contributed by atoms with van der Waals surface area (Å²) in [4.78, 5) is 0. The molecular weight excluding hydrogens is 247 g/mol. The van der Waals surface area contributed by atoms with E-state index in [1.54, 1.807) is 0 Å². The second-order valence-electron chi connectivity index (χ2n) is 6.66. The third-order valence-corrected chi connectivity index (χ3v) is 5.55. The Morgan fingerprint density at radius 1 is 0.667 bits per heavy atom. The molecule has 0 N–H and O–H groups in total. The maximum absolute atomic E-state index is 12.0. The lowest BCUT2D eigenvalue weighted by Crippen LogP contribution is -2.64. The van der Waals surface area contributed by atoms with Crippen molar-refractivity contribution < 1.29 is 13.6 Å². The lowest BCUT2D eigenvalue weighted by atomic mass is 9.60. The van der Waals surface area contributed by atoms with Gasteiger partial charge in [0.05, 0.1) is 0 Å². The average Bonchev–Trinajstić information content (AvgIpc) is 2.53. The van der Waals surface area contributed by atoms with Gasteiger partial charge in [0.1, 0.15) is 11.2 Å². The van der Waals surface area contributed by atoms with Gasteiger partial charge < -0.3 is 9.05 Å². The Balaban J connectivity index is 3.49. The van der Waals surface area contributed by atoms with Crippen LogP contribution in [0.4, 0.5) is 0 Å². The Morgan fingerprint density at radius 2 is 0.889 bits per heavy atom. The van der Waals surface area contributed by atoms with Gasteiger partial charge in [0.25, 0.3) is 0 Å². The number of hydrogen-bond acceptors (Lipinski definition) is 3. The molecule has 108 valence electrons. The first-order chi connectivity index (χ1) is 8.12. The van der Waals surface area contributed by atoms with Gasteiger partial charge in [-0.2, -0.15) is 0 Å². The summed E-state index contributed by atoms with van der Waals surface area (Å²) in [5, 5.41) is 0. The summed E-state index contributed by atoms with van der Waals surface area (Å²) in [7, 11) is -2.40. The average molecular weight is 276 g/mol. The topological polar surface area (TPSA) is 35.5 Å². The molecule has 0 aliphatic carbocycles. The van der Waals surface area contributed by atoms with Gasteiger partial charge in [-0.1, -0.05) is 55.4 Å². The van der Waals surface area contributed by atoms with Crippen LogP contribution in [-0.4, -0.2) is 11.2 Å². The first-order valence-electron chi connectivity index (χ1n) is 7.04. The molecule has 1 saturated heterocycles. The van der Waals surface area contributed by atoms with E-state index in [-0.39, 0.29) is 23.7 Å². The Labute approximate surface area is 113 Å². The van der Waals surface area contributed by atoms with Crippen molar-refractivity contribution in [3.63, 3.8) is 0 Å². The molecule has 0 aromatic heterocycles. The van der Waals surface area contributed by atoms with Crippen molar-refractivity contribution in [2.75, 3.05) is 0 Å². The SMILES string of the molecule is CC(C)C1(C(C)C)O[PH](=O)OC1(C(C)C)C(C)C. The van der Waals surface area contributed by atoms with Crippen LogP contribution in [0.25, 0.3) is 0 Å². The van der Waals surface area contributed by atoms with Crippen LogP contribution in [0.5, 0.6) is 0 Å². The van der Waals surface area contributed by atoms with Gasteiger partial charge in [-0.25, -0.2) is 0 Å². The van der Waals surface area contributed by atoms with Gasteiger partial charge in [-0.3, -0.25) is 4.57 Å². The molecule has 0 radical (unpaired) electrons. The van der Waals surface area contributed by atoms with Gasteiger partial charge in [0.15, 0.2) is 0 Å². The van der Waals surface area contributed by atoms with Crippen molar-refractivity contribution in [2.45, 2.75) is 66.6 Å². The van der Waals surface area contributed by atoms with Gasteiger partial charge in [-0.05, 0) is 23.7 Å². The van der Waals surface area contributed by atoms with E-state index in [1.165, 1.54) is 0 Å². The minimum atomic E-state index is -2.40. The number of rotatable bonds is 4. The quantitative estimate of drug-likeness (QED) is 0.708. The largest absolute Gasteiger partial charge is 0.320 e. The third-order valence-electron chi connectivity index (χ3n) is 4.55. The minimum absolute atomic E-state index is 0.263. The molecule has 1 aliphatic heterocycles. The monoisotopic (exact) mass is 276 g/mol. The number of hydrogen-bond donors (Lipinski definition) is 0. The van der Waals surface area contributed by atoms with Crippen molar-refractivity contribution in [3.05, 3.63) is 0 Å². The normalized spacial score (nSPS) is 23.8. The van der Waals surface area contributed by atoms with Gasteiger partial charge in [-0.15, -0.1) is 0 Å². The van der Waals surface area contributed by atoms with E-state index >= 15 is 0 Å². The first kappa shape index (κ1) is 16.2. The van der Waals surface area contributed by atoms with Gasteiger partial charge in [0.2, 0.25) is 0 Å². The molecule has 1 rings (SSSR count). The van der Waals surface area contributed by atoms with E-state index < -0.39 is 19.5 Å². The van der Waals surface area contributed by atoms with Crippen LogP contribution in [0, 0.1) is 23.7 Å². The van der Waals surface area contributed by atoms with Crippen LogP contribution in [0.3, 0.4) is 0 Å². The maximum atomic E-state index is 12.0. The molecule has 0 aromatic rings. The highest BCUT2D eigenvalue weighted by Gasteiger charge is 2.66. The molecule has 3 nitrogen and oxygen atoms in total. The molecule has 0 spiro atoms. The second-order valence-corrected chi connectivity index (χ2v) is 7.57. The van der Waals surface area contributed by atoms with E-state index in [2.05, 4.69) is 55.4 Å². The van der Waals surface area contributed by atoms with Crippen molar-refractivity contribution in [3.8, 4) is 0 Å². The molecule has 18 heavy (non-hydrogen) atoms. The molecule has 0 atom stereocenters. The molecule has 1 heterocycles. The summed E-state index contributed by atoms with van der Waals surface area (Å²) in [5.74, 6) is 1.05. The predicted octanol–water partition coefficient (Wildman–Crippen LogP) is 4.52. The molecule has 0 saturated carbocycles. The maximum Gasteiger partial charge on any atom is 0.320 e. The minimum Gasteiger partial charge on any atom is -0.300 e. The summed E-state index contributed by atoms with van der Waals surface area (Å²) < 4.78 is 23.9. The van der Waals surface area contributed by atoms with E-state index in [9.17, 15) is 4.57 Å². The Hall–Kier alpha value is 0.150. The molecule has 1 aliphatic rings. The molecule has 0 amide bonds. The van der Waals surface area contributed by atoms with E-state index in [0.717, 1.165) is 0 Å². The predicted molar refractivity (Wildman–Crippen MR) is 76.0 cm³/mol. The smallest absolute Gasteiger partial charge is 0.300 e. The van der Waals surface area contributed by atoms with Crippen molar-refractivity contribution >= 4 is 8.25 Å². The zero-order chi connectivity index (χ0) is 14.3.